The van der Waals surface area contributed by atoms with Gasteiger partial charge >= 0.3 is 0 Å². The summed E-state index contributed by atoms with van der Waals surface area (Å²) in [7, 11) is 0. The van der Waals surface area contributed by atoms with Crippen LogP contribution in [0.4, 0.5) is 5.69 Å². The zero-order chi connectivity index (χ0) is 19.3. The lowest BCUT2D eigenvalue weighted by Gasteiger charge is -2.25. The number of carbonyl (C=O) groups is 2. The fourth-order valence-corrected chi connectivity index (χ4v) is 3.73. The molecule has 0 saturated carbocycles. The molecule has 4 rings (SSSR count). The highest BCUT2D eigenvalue weighted by Crippen LogP contribution is 2.29. The molecule has 0 radical (unpaired) electrons. The Hall–Kier alpha value is -2.86. The number of ether oxygens (including phenoxy) is 1. The van der Waals surface area contributed by atoms with Crippen LogP contribution < -0.4 is 15.4 Å². The molecule has 2 aromatic rings. The van der Waals surface area contributed by atoms with Gasteiger partial charge in [-0.3, -0.25) is 14.5 Å². The number of hydrogen-bond acceptors (Lipinski definition) is 4. The number of anilines is 1. The van der Waals surface area contributed by atoms with Crippen molar-refractivity contribution in [3.05, 3.63) is 59.7 Å². The minimum absolute atomic E-state index is 0.00550. The Labute approximate surface area is 164 Å². The molecule has 0 aromatic heterocycles. The van der Waals surface area contributed by atoms with E-state index in [0.717, 1.165) is 25.2 Å². The lowest BCUT2D eigenvalue weighted by Crippen LogP contribution is -2.40. The molecule has 28 heavy (non-hydrogen) atoms. The molecular formula is C22H25N3O3. The van der Waals surface area contributed by atoms with Crippen LogP contribution in [-0.2, 0) is 22.7 Å². The molecule has 0 unspecified atom stereocenters. The van der Waals surface area contributed by atoms with Crippen LogP contribution in [0.2, 0.25) is 0 Å². The van der Waals surface area contributed by atoms with Crippen LogP contribution in [0.25, 0.3) is 0 Å². The Morgan fingerprint density at radius 3 is 2.61 bits per heavy atom. The minimum atomic E-state index is -0.810. The lowest BCUT2D eigenvalue weighted by atomic mass is 10.1. The monoisotopic (exact) mass is 379 g/mol. The fourth-order valence-electron chi connectivity index (χ4n) is 3.73. The molecule has 2 heterocycles. The van der Waals surface area contributed by atoms with E-state index in [1.807, 2.05) is 30.3 Å². The van der Waals surface area contributed by atoms with Gasteiger partial charge in [-0.25, -0.2) is 0 Å². The van der Waals surface area contributed by atoms with E-state index in [0.29, 0.717) is 18.0 Å². The number of likely N-dealkylation sites (tertiary alicyclic amines) is 1. The molecule has 2 aromatic carbocycles. The summed E-state index contributed by atoms with van der Waals surface area (Å²) in [5, 5.41) is 5.73. The molecule has 1 atom stereocenters. The number of benzene rings is 2. The third-order valence-corrected chi connectivity index (χ3v) is 5.26. The number of rotatable bonds is 6. The van der Waals surface area contributed by atoms with Crippen LogP contribution in [-0.4, -0.2) is 35.9 Å². The van der Waals surface area contributed by atoms with Crippen LogP contribution in [0.3, 0.4) is 0 Å². The number of fused-ring (bicyclic) bond motifs is 1. The summed E-state index contributed by atoms with van der Waals surface area (Å²) in [6, 6.07) is 15.4. The van der Waals surface area contributed by atoms with Gasteiger partial charge in [-0.1, -0.05) is 36.4 Å². The first-order chi connectivity index (χ1) is 13.7. The highest BCUT2D eigenvalue weighted by atomic mass is 16.5. The average Bonchev–Trinajstić information content (AvgIpc) is 3.21. The average molecular weight is 379 g/mol. The number of amides is 2. The Morgan fingerprint density at radius 1 is 1.07 bits per heavy atom. The summed E-state index contributed by atoms with van der Waals surface area (Å²) in [6.45, 7) is 3.64. The quantitative estimate of drug-likeness (QED) is 0.810. The second-order valence-electron chi connectivity index (χ2n) is 7.32. The number of carbonyl (C=O) groups excluding carboxylic acids is 2. The first-order valence-electron chi connectivity index (χ1n) is 9.81. The topological polar surface area (TPSA) is 70.7 Å². The summed E-state index contributed by atoms with van der Waals surface area (Å²) in [6.07, 6.45) is 1.69. The van der Waals surface area contributed by atoms with Crippen molar-refractivity contribution < 1.29 is 14.3 Å². The molecule has 2 N–H and O–H groups in total. The van der Waals surface area contributed by atoms with Crippen molar-refractivity contribution in [2.24, 2.45) is 0 Å². The van der Waals surface area contributed by atoms with Gasteiger partial charge in [0.25, 0.3) is 5.91 Å². The summed E-state index contributed by atoms with van der Waals surface area (Å²) in [5.41, 5.74) is 2.99. The summed E-state index contributed by atoms with van der Waals surface area (Å²) in [5.74, 6) is 0.106. The molecule has 0 bridgehead atoms. The number of nitrogens with one attached hydrogen (secondary N) is 2. The lowest BCUT2D eigenvalue weighted by molar-refractivity contribution is -0.130. The van der Waals surface area contributed by atoms with E-state index in [9.17, 15) is 9.59 Å². The van der Waals surface area contributed by atoms with Crippen molar-refractivity contribution in [1.29, 1.82) is 0 Å². The van der Waals surface area contributed by atoms with Crippen molar-refractivity contribution in [1.82, 2.24) is 10.2 Å². The SMILES string of the molecule is O=C(C[C@H]1Oc2ccccc2NC1=O)NCc1ccccc1CN1CCCC1. The van der Waals surface area contributed by atoms with Crippen molar-refractivity contribution >= 4 is 17.5 Å². The van der Waals surface area contributed by atoms with E-state index in [1.165, 1.54) is 18.4 Å². The molecule has 2 amide bonds. The van der Waals surface area contributed by atoms with Crippen LogP contribution in [0.1, 0.15) is 30.4 Å². The van der Waals surface area contributed by atoms with Crippen LogP contribution in [0.5, 0.6) is 5.75 Å². The Morgan fingerprint density at radius 2 is 1.79 bits per heavy atom. The van der Waals surface area contributed by atoms with Gasteiger partial charge in [-0.2, -0.15) is 0 Å². The van der Waals surface area contributed by atoms with E-state index in [-0.39, 0.29) is 18.2 Å². The highest BCUT2D eigenvalue weighted by molar-refractivity contribution is 5.99. The van der Waals surface area contributed by atoms with Gasteiger partial charge in [0.15, 0.2) is 6.10 Å². The molecule has 0 aliphatic carbocycles. The van der Waals surface area contributed by atoms with Gasteiger partial charge in [0.1, 0.15) is 5.75 Å². The van der Waals surface area contributed by atoms with Crippen LogP contribution in [0.15, 0.2) is 48.5 Å². The van der Waals surface area contributed by atoms with E-state index >= 15 is 0 Å². The molecule has 1 fully saturated rings. The van der Waals surface area contributed by atoms with Crippen molar-refractivity contribution in [3.8, 4) is 5.75 Å². The molecular weight excluding hydrogens is 354 g/mol. The number of para-hydroxylation sites is 2. The molecule has 2 aliphatic heterocycles. The zero-order valence-corrected chi connectivity index (χ0v) is 15.8. The normalized spacial score (nSPS) is 18.9. The maximum absolute atomic E-state index is 12.4. The maximum atomic E-state index is 12.4. The molecule has 146 valence electrons. The molecule has 2 aliphatic rings. The van der Waals surface area contributed by atoms with Crippen LogP contribution in [0, 0.1) is 0 Å². The summed E-state index contributed by atoms with van der Waals surface area (Å²) < 4.78 is 5.70. The Kier molecular flexibility index (Phi) is 5.58. The molecule has 6 heteroatoms. The molecule has 6 nitrogen and oxygen atoms in total. The van der Waals surface area contributed by atoms with E-state index < -0.39 is 6.10 Å². The van der Waals surface area contributed by atoms with Gasteiger partial charge < -0.3 is 15.4 Å². The Balaban J connectivity index is 1.33. The number of hydrogen-bond donors (Lipinski definition) is 2. The third-order valence-electron chi connectivity index (χ3n) is 5.26. The van der Waals surface area contributed by atoms with E-state index in [1.54, 1.807) is 12.1 Å². The maximum Gasteiger partial charge on any atom is 0.266 e. The van der Waals surface area contributed by atoms with Crippen molar-refractivity contribution in [2.45, 2.75) is 38.5 Å². The summed E-state index contributed by atoms with van der Waals surface area (Å²) >= 11 is 0. The standard InChI is InChI=1S/C22H25N3O3/c26-21(13-20-22(27)24-18-9-3-4-10-19(18)28-20)23-14-16-7-1-2-8-17(16)15-25-11-5-6-12-25/h1-4,7-10,20H,5-6,11-15H2,(H,23,26)(H,24,27)/t20-/m1/s1. The third kappa shape index (κ3) is 4.34. The second-order valence-corrected chi connectivity index (χ2v) is 7.32. The van der Waals surface area contributed by atoms with Gasteiger partial charge in [-0.15, -0.1) is 0 Å². The smallest absolute Gasteiger partial charge is 0.266 e. The minimum Gasteiger partial charge on any atom is -0.478 e. The highest BCUT2D eigenvalue weighted by Gasteiger charge is 2.29. The second kappa shape index (κ2) is 8.44. The predicted octanol–water partition coefficient (Wildman–Crippen LogP) is 2.69. The first kappa shape index (κ1) is 18.5. The zero-order valence-electron chi connectivity index (χ0n) is 15.8. The predicted molar refractivity (Wildman–Crippen MR) is 107 cm³/mol. The van der Waals surface area contributed by atoms with Gasteiger partial charge in [-0.05, 0) is 49.2 Å². The van der Waals surface area contributed by atoms with E-state index in [2.05, 4.69) is 21.6 Å². The molecule has 0 spiro atoms. The first-order valence-corrected chi connectivity index (χ1v) is 9.81. The van der Waals surface area contributed by atoms with Gasteiger partial charge in [0.2, 0.25) is 5.91 Å². The van der Waals surface area contributed by atoms with E-state index in [4.69, 9.17) is 4.74 Å². The largest absolute Gasteiger partial charge is 0.478 e. The van der Waals surface area contributed by atoms with Gasteiger partial charge in [0, 0.05) is 13.1 Å². The van der Waals surface area contributed by atoms with Crippen molar-refractivity contribution in [2.75, 3.05) is 18.4 Å². The van der Waals surface area contributed by atoms with Gasteiger partial charge in [0.05, 0.1) is 12.1 Å². The van der Waals surface area contributed by atoms with Crippen LogP contribution >= 0.6 is 0 Å². The van der Waals surface area contributed by atoms with Crippen molar-refractivity contribution in [3.63, 3.8) is 0 Å². The number of nitrogens with zero attached hydrogens (tertiary/aromatic N) is 1. The summed E-state index contributed by atoms with van der Waals surface area (Å²) in [4.78, 5) is 27.1. The Bertz CT molecular complexity index is 862. The molecule has 1 saturated heterocycles. The fraction of sp³-hybridized carbons (Fsp3) is 0.364.